The molecule has 1 N–H and O–H groups in total. The number of anilines is 1. The minimum Gasteiger partial charge on any atom is -0.360 e. The van der Waals surface area contributed by atoms with Crippen LogP contribution in [-0.4, -0.2) is 44.7 Å². The van der Waals surface area contributed by atoms with Crippen LogP contribution in [0.2, 0.25) is 0 Å². The highest BCUT2D eigenvalue weighted by molar-refractivity contribution is 5.95. The summed E-state index contributed by atoms with van der Waals surface area (Å²) in [7, 11) is 0. The van der Waals surface area contributed by atoms with Crippen LogP contribution < -0.4 is 5.32 Å². The molecule has 1 fully saturated rings. The van der Waals surface area contributed by atoms with Gasteiger partial charge in [0.15, 0.2) is 5.82 Å². The minimum atomic E-state index is -0.132. The summed E-state index contributed by atoms with van der Waals surface area (Å²) in [4.78, 5) is 27.0. The van der Waals surface area contributed by atoms with Crippen molar-refractivity contribution < 1.29 is 14.1 Å². The van der Waals surface area contributed by atoms with E-state index < -0.39 is 0 Å². The van der Waals surface area contributed by atoms with Crippen LogP contribution in [0.1, 0.15) is 34.5 Å². The smallest absolute Gasteiger partial charge is 0.253 e. The maximum absolute atomic E-state index is 12.8. The number of hydrogen-bond acceptors (Lipinski definition) is 5. The molecule has 1 aliphatic rings. The van der Waals surface area contributed by atoms with E-state index in [2.05, 4.69) is 15.6 Å². The van der Waals surface area contributed by atoms with Gasteiger partial charge in [0.1, 0.15) is 5.76 Å². The molecule has 2 amide bonds. The molecule has 0 radical (unpaired) electrons. The van der Waals surface area contributed by atoms with Crippen LogP contribution in [0, 0.1) is 12.8 Å². The number of aryl methyl sites for hydroxylation is 1. The second kappa shape index (κ2) is 8.30. The van der Waals surface area contributed by atoms with Gasteiger partial charge in [-0.2, -0.15) is 5.10 Å². The predicted octanol–water partition coefficient (Wildman–Crippen LogP) is 2.72. The maximum Gasteiger partial charge on any atom is 0.253 e. The quantitative estimate of drug-likeness (QED) is 0.719. The Balaban J connectivity index is 1.30. The second-order valence-electron chi connectivity index (χ2n) is 7.28. The third-order valence-corrected chi connectivity index (χ3v) is 5.14. The molecule has 2 aromatic heterocycles. The van der Waals surface area contributed by atoms with Crippen LogP contribution in [0.4, 0.5) is 5.82 Å². The molecular weight excluding hydrogens is 370 g/mol. The van der Waals surface area contributed by atoms with Gasteiger partial charge in [0, 0.05) is 43.0 Å². The molecule has 0 spiro atoms. The summed E-state index contributed by atoms with van der Waals surface area (Å²) in [6.45, 7) is 3.57. The van der Waals surface area contributed by atoms with Gasteiger partial charge in [0.2, 0.25) is 5.91 Å². The van der Waals surface area contributed by atoms with E-state index in [0.717, 1.165) is 5.56 Å². The van der Waals surface area contributed by atoms with E-state index in [1.165, 1.54) is 0 Å². The van der Waals surface area contributed by atoms with E-state index in [1.54, 1.807) is 19.2 Å². The Kier molecular flexibility index (Phi) is 5.41. The first-order valence-electron chi connectivity index (χ1n) is 9.68. The van der Waals surface area contributed by atoms with Gasteiger partial charge >= 0.3 is 0 Å². The summed E-state index contributed by atoms with van der Waals surface area (Å²) in [5.41, 5.74) is 1.75. The number of hydrogen-bond donors (Lipinski definition) is 1. The largest absolute Gasteiger partial charge is 0.360 e. The third kappa shape index (κ3) is 4.53. The van der Waals surface area contributed by atoms with Gasteiger partial charge in [0.25, 0.3) is 5.91 Å². The van der Waals surface area contributed by atoms with Gasteiger partial charge in [-0.15, -0.1) is 0 Å². The molecule has 0 bridgehead atoms. The molecular formula is C21H23N5O3. The molecule has 150 valence electrons. The molecule has 3 aromatic rings. The molecule has 3 heterocycles. The summed E-state index contributed by atoms with van der Waals surface area (Å²) in [6.07, 6.45) is 4.91. The number of nitrogens with one attached hydrogen (secondary N) is 1. The van der Waals surface area contributed by atoms with E-state index in [1.807, 2.05) is 46.1 Å². The number of piperidine rings is 1. The first-order valence-corrected chi connectivity index (χ1v) is 9.68. The zero-order valence-electron chi connectivity index (χ0n) is 16.2. The fourth-order valence-electron chi connectivity index (χ4n) is 3.51. The normalized spacial score (nSPS) is 14.7. The molecule has 1 saturated heterocycles. The molecule has 4 rings (SSSR count). The molecule has 0 unspecified atom stereocenters. The minimum absolute atomic E-state index is 0.00150. The van der Waals surface area contributed by atoms with Crippen LogP contribution >= 0.6 is 0 Å². The molecule has 8 nitrogen and oxygen atoms in total. The highest BCUT2D eigenvalue weighted by Gasteiger charge is 2.28. The summed E-state index contributed by atoms with van der Waals surface area (Å²) < 4.78 is 6.81. The summed E-state index contributed by atoms with van der Waals surface area (Å²) in [6, 6.07) is 11.2. The fraction of sp³-hybridized carbons (Fsp3) is 0.333. The Morgan fingerprint density at radius 2 is 1.97 bits per heavy atom. The van der Waals surface area contributed by atoms with E-state index in [9.17, 15) is 9.59 Å². The van der Waals surface area contributed by atoms with Crippen molar-refractivity contribution in [3.8, 4) is 0 Å². The number of carbonyl (C=O) groups excluding carboxylic acids is 2. The number of likely N-dealkylation sites (tertiary alicyclic amines) is 1. The predicted molar refractivity (Wildman–Crippen MR) is 106 cm³/mol. The van der Waals surface area contributed by atoms with E-state index >= 15 is 0 Å². The van der Waals surface area contributed by atoms with Crippen molar-refractivity contribution in [1.29, 1.82) is 0 Å². The average molecular weight is 393 g/mol. The number of benzene rings is 1. The van der Waals surface area contributed by atoms with Crippen LogP contribution in [0.25, 0.3) is 0 Å². The molecule has 1 aliphatic heterocycles. The van der Waals surface area contributed by atoms with E-state index in [-0.39, 0.29) is 17.7 Å². The summed E-state index contributed by atoms with van der Waals surface area (Å²) in [5, 5.41) is 10.8. The zero-order chi connectivity index (χ0) is 20.2. The lowest BCUT2D eigenvalue weighted by molar-refractivity contribution is -0.121. The highest BCUT2D eigenvalue weighted by atomic mass is 16.5. The van der Waals surface area contributed by atoms with Crippen molar-refractivity contribution in [2.24, 2.45) is 5.92 Å². The van der Waals surface area contributed by atoms with Crippen LogP contribution in [0.15, 0.2) is 53.3 Å². The Hall–Kier alpha value is -3.42. The number of aromatic nitrogens is 3. The Bertz CT molecular complexity index is 970. The van der Waals surface area contributed by atoms with Crippen molar-refractivity contribution in [1.82, 2.24) is 19.8 Å². The zero-order valence-corrected chi connectivity index (χ0v) is 16.2. The van der Waals surface area contributed by atoms with Gasteiger partial charge in [-0.1, -0.05) is 17.3 Å². The average Bonchev–Trinajstić information content (AvgIpc) is 3.40. The van der Waals surface area contributed by atoms with Gasteiger partial charge < -0.3 is 14.7 Å². The van der Waals surface area contributed by atoms with Gasteiger partial charge in [-0.3, -0.25) is 14.3 Å². The fourth-order valence-corrected chi connectivity index (χ4v) is 3.51. The monoisotopic (exact) mass is 393 g/mol. The van der Waals surface area contributed by atoms with Crippen LogP contribution in [0.3, 0.4) is 0 Å². The standard InChI is InChI=1S/C21H23N5O3/c1-15-13-19(24-29-15)23-20(27)17-7-11-25(12-8-17)21(28)18-5-3-16(4-6-18)14-26-10-2-9-22-26/h2-6,9-10,13,17H,7-8,11-12,14H2,1H3,(H,23,24,27). The van der Waals surface area contributed by atoms with E-state index in [0.29, 0.717) is 49.6 Å². The molecule has 0 aliphatic carbocycles. The van der Waals surface area contributed by atoms with Crippen molar-refractivity contribution in [3.05, 3.63) is 65.7 Å². The first-order chi connectivity index (χ1) is 14.1. The lowest BCUT2D eigenvalue weighted by Gasteiger charge is -2.31. The van der Waals surface area contributed by atoms with Gasteiger partial charge in [-0.05, 0) is 43.5 Å². The number of carbonyl (C=O) groups is 2. The van der Waals surface area contributed by atoms with E-state index in [4.69, 9.17) is 4.52 Å². The molecule has 0 saturated carbocycles. The van der Waals surface area contributed by atoms with Gasteiger partial charge in [0.05, 0.1) is 6.54 Å². The topological polar surface area (TPSA) is 93.3 Å². The van der Waals surface area contributed by atoms with Gasteiger partial charge in [-0.25, -0.2) is 0 Å². The summed E-state index contributed by atoms with van der Waals surface area (Å²) in [5.74, 6) is 0.875. The van der Waals surface area contributed by atoms with Crippen molar-refractivity contribution in [3.63, 3.8) is 0 Å². The van der Waals surface area contributed by atoms with Crippen LogP contribution in [-0.2, 0) is 11.3 Å². The second-order valence-corrected chi connectivity index (χ2v) is 7.28. The van der Waals surface area contributed by atoms with Crippen molar-refractivity contribution >= 4 is 17.6 Å². The van der Waals surface area contributed by atoms with Crippen molar-refractivity contribution in [2.75, 3.05) is 18.4 Å². The highest BCUT2D eigenvalue weighted by Crippen LogP contribution is 2.21. The summed E-state index contributed by atoms with van der Waals surface area (Å²) >= 11 is 0. The molecule has 0 atom stereocenters. The first kappa shape index (κ1) is 18.9. The van der Waals surface area contributed by atoms with Crippen molar-refractivity contribution in [2.45, 2.75) is 26.3 Å². The number of nitrogens with zero attached hydrogens (tertiary/aromatic N) is 4. The maximum atomic E-state index is 12.8. The molecule has 29 heavy (non-hydrogen) atoms. The number of amides is 2. The molecule has 8 heteroatoms. The SMILES string of the molecule is Cc1cc(NC(=O)C2CCN(C(=O)c3ccc(Cn4cccn4)cc3)CC2)no1. The third-order valence-electron chi connectivity index (χ3n) is 5.14. The molecule has 1 aromatic carbocycles. The van der Waals surface area contributed by atoms with Crippen LogP contribution in [0.5, 0.6) is 0 Å². The lowest BCUT2D eigenvalue weighted by atomic mass is 9.95. The lowest BCUT2D eigenvalue weighted by Crippen LogP contribution is -2.41. The Labute approximate surface area is 168 Å². The Morgan fingerprint density at radius 1 is 1.21 bits per heavy atom. The Morgan fingerprint density at radius 3 is 2.59 bits per heavy atom. The number of rotatable bonds is 5.